The van der Waals surface area contributed by atoms with Crippen molar-refractivity contribution in [2.75, 3.05) is 6.54 Å². The fourth-order valence-electron chi connectivity index (χ4n) is 2.42. The van der Waals surface area contributed by atoms with Crippen LogP contribution in [0.3, 0.4) is 0 Å². The molecule has 0 unspecified atom stereocenters. The minimum atomic E-state index is 0.185. The summed E-state index contributed by atoms with van der Waals surface area (Å²) in [5, 5.41) is 0. The number of hydrogen-bond acceptors (Lipinski definition) is 1. The smallest absolute Gasteiger partial charge is 0.254 e. The number of fused-ring (bicyclic) bond motifs is 1. The molecule has 0 radical (unpaired) electrons. The summed E-state index contributed by atoms with van der Waals surface area (Å²) in [6.45, 7) is 7.61. The van der Waals surface area contributed by atoms with Gasteiger partial charge in [0.15, 0.2) is 0 Å². The molecule has 1 aromatic rings. The zero-order valence-corrected chi connectivity index (χ0v) is 11.1. The molecule has 0 fully saturated rings. The van der Waals surface area contributed by atoms with Gasteiger partial charge in [0.25, 0.3) is 5.91 Å². The highest BCUT2D eigenvalue weighted by atomic mass is 16.2. The fraction of sp³-hybridized carbons (Fsp3) is 0.438. The molecule has 1 heterocycles. The Balaban J connectivity index is 1.99. The minimum Gasteiger partial charge on any atom is -0.334 e. The first kappa shape index (κ1) is 12.9. The Kier molecular flexibility index (Phi) is 4.19. The van der Waals surface area contributed by atoms with Crippen molar-refractivity contribution in [3.05, 3.63) is 41.5 Å². The van der Waals surface area contributed by atoms with E-state index in [0.717, 1.165) is 36.2 Å². The predicted octanol–water partition coefficient (Wildman–Crippen LogP) is 3.87. The van der Waals surface area contributed by atoms with E-state index in [1.807, 2.05) is 17.0 Å². The van der Waals surface area contributed by atoms with Crippen molar-refractivity contribution in [3.63, 3.8) is 0 Å². The molecule has 1 amide bonds. The topological polar surface area (TPSA) is 20.3 Å². The highest BCUT2D eigenvalue weighted by Gasteiger charge is 2.26. The van der Waals surface area contributed by atoms with E-state index in [2.05, 4.69) is 19.6 Å². The van der Waals surface area contributed by atoms with Crippen molar-refractivity contribution in [2.45, 2.75) is 39.2 Å². The zero-order valence-electron chi connectivity index (χ0n) is 11.1. The monoisotopic (exact) mass is 243 g/mol. The average Bonchev–Trinajstić information content (AvgIpc) is 2.71. The molecule has 0 saturated heterocycles. The van der Waals surface area contributed by atoms with Crippen molar-refractivity contribution in [1.82, 2.24) is 4.90 Å². The maximum Gasteiger partial charge on any atom is 0.254 e. The second-order valence-electron chi connectivity index (χ2n) is 4.91. The van der Waals surface area contributed by atoms with Crippen LogP contribution in [0.1, 0.15) is 54.1 Å². The molecule has 2 rings (SSSR count). The zero-order chi connectivity index (χ0) is 13.0. The van der Waals surface area contributed by atoms with Crippen molar-refractivity contribution < 1.29 is 4.79 Å². The second kappa shape index (κ2) is 5.85. The molecule has 2 heteroatoms. The van der Waals surface area contributed by atoms with Gasteiger partial charge in [-0.3, -0.25) is 4.79 Å². The van der Waals surface area contributed by atoms with Crippen LogP contribution in [-0.4, -0.2) is 17.4 Å². The summed E-state index contributed by atoms with van der Waals surface area (Å²) in [5.41, 5.74) is 3.04. The SMILES string of the molecule is C=Cc1ccc2c(c1)C(=O)N(CCCCCC)C2. The normalized spacial score (nSPS) is 13.8. The van der Waals surface area contributed by atoms with E-state index in [-0.39, 0.29) is 5.91 Å². The summed E-state index contributed by atoms with van der Waals surface area (Å²) in [5.74, 6) is 0.185. The van der Waals surface area contributed by atoms with Crippen LogP contribution in [0, 0.1) is 0 Å². The second-order valence-corrected chi connectivity index (χ2v) is 4.91. The lowest BCUT2D eigenvalue weighted by atomic mass is 10.1. The van der Waals surface area contributed by atoms with E-state index in [1.54, 1.807) is 6.08 Å². The number of hydrogen-bond donors (Lipinski definition) is 0. The Labute approximate surface area is 109 Å². The quantitative estimate of drug-likeness (QED) is 0.695. The first-order valence-corrected chi connectivity index (χ1v) is 6.81. The maximum absolute atomic E-state index is 12.2. The van der Waals surface area contributed by atoms with Crippen LogP contribution < -0.4 is 0 Å². The van der Waals surface area contributed by atoms with Gasteiger partial charge in [-0.1, -0.05) is 51.0 Å². The van der Waals surface area contributed by atoms with Crippen LogP contribution in [0.5, 0.6) is 0 Å². The van der Waals surface area contributed by atoms with Crippen LogP contribution in [-0.2, 0) is 6.54 Å². The molecule has 1 aliphatic rings. The summed E-state index contributed by atoms with van der Waals surface area (Å²) in [7, 11) is 0. The summed E-state index contributed by atoms with van der Waals surface area (Å²) in [4.78, 5) is 14.2. The van der Waals surface area contributed by atoms with Gasteiger partial charge in [-0.05, 0) is 23.6 Å². The number of amides is 1. The third-order valence-electron chi connectivity index (χ3n) is 3.53. The molecule has 0 atom stereocenters. The minimum absolute atomic E-state index is 0.185. The first-order chi connectivity index (χ1) is 8.76. The van der Waals surface area contributed by atoms with Crippen molar-refractivity contribution in [1.29, 1.82) is 0 Å². The number of carbonyl (C=O) groups is 1. The van der Waals surface area contributed by atoms with Gasteiger partial charge in [0.2, 0.25) is 0 Å². The van der Waals surface area contributed by atoms with E-state index in [1.165, 1.54) is 19.3 Å². The summed E-state index contributed by atoms with van der Waals surface area (Å²) in [6, 6.07) is 6.03. The van der Waals surface area contributed by atoms with Crippen molar-refractivity contribution in [2.24, 2.45) is 0 Å². The molecule has 0 saturated carbocycles. The van der Waals surface area contributed by atoms with Crippen LogP contribution in [0.25, 0.3) is 6.08 Å². The van der Waals surface area contributed by atoms with Crippen LogP contribution in [0.2, 0.25) is 0 Å². The van der Waals surface area contributed by atoms with Crippen LogP contribution in [0.15, 0.2) is 24.8 Å². The van der Waals surface area contributed by atoms with E-state index in [0.29, 0.717) is 0 Å². The van der Waals surface area contributed by atoms with E-state index in [4.69, 9.17) is 0 Å². The van der Waals surface area contributed by atoms with Gasteiger partial charge in [0.1, 0.15) is 0 Å². The Morgan fingerprint density at radius 1 is 1.33 bits per heavy atom. The molecular weight excluding hydrogens is 222 g/mol. The lowest BCUT2D eigenvalue weighted by Gasteiger charge is -2.14. The molecule has 1 aromatic carbocycles. The highest BCUT2D eigenvalue weighted by molar-refractivity contribution is 5.98. The molecule has 0 bridgehead atoms. The fourth-order valence-corrected chi connectivity index (χ4v) is 2.42. The van der Waals surface area contributed by atoms with Gasteiger partial charge in [0.05, 0.1) is 0 Å². The van der Waals surface area contributed by atoms with Crippen molar-refractivity contribution in [3.8, 4) is 0 Å². The van der Waals surface area contributed by atoms with Gasteiger partial charge in [0, 0.05) is 18.7 Å². The Morgan fingerprint density at radius 3 is 2.89 bits per heavy atom. The average molecular weight is 243 g/mol. The maximum atomic E-state index is 12.2. The van der Waals surface area contributed by atoms with Gasteiger partial charge < -0.3 is 4.90 Å². The molecule has 0 aromatic heterocycles. The van der Waals surface area contributed by atoms with Crippen LogP contribution in [0.4, 0.5) is 0 Å². The van der Waals surface area contributed by atoms with Crippen LogP contribution >= 0.6 is 0 Å². The molecule has 18 heavy (non-hydrogen) atoms. The Bertz CT molecular complexity index is 450. The van der Waals surface area contributed by atoms with Gasteiger partial charge in [-0.2, -0.15) is 0 Å². The van der Waals surface area contributed by atoms with E-state index < -0.39 is 0 Å². The Hall–Kier alpha value is -1.57. The summed E-state index contributed by atoms with van der Waals surface area (Å²) >= 11 is 0. The van der Waals surface area contributed by atoms with Gasteiger partial charge in [-0.15, -0.1) is 0 Å². The standard InChI is InChI=1S/C16H21NO/c1-3-5-6-7-10-17-12-14-9-8-13(4-2)11-15(14)16(17)18/h4,8-9,11H,2-3,5-7,10,12H2,1H3. The predicted molar refractivity (Wildman–Crippen MR) is 75.4 cm³/mol. The molecule has 1 aliphatic heterocycles. The summed E-state index contributed by atoms with van der Waals surface area (Å²) < 4.78 is 0. The lowest BCUT2D eigenvalue weighted by Crippen LogP contribution is -2.24. The number of rotatable bonds is 6. The molecule has 96 valence electrons. The number of benzene rings is 1. The largest absolute Gasteiger partial charge is 0.334 e. The van der Waals surface area contributed by atoms with E-state index in [9.17, 15) is 4.79 Å². The first-order valence-electron chi connectivity index (χ1n) is 6.81. The third-order valence-corrected chi connectivity index (χ3v) is 3.53. The third kappa shape index (κ3) is 2.63. The number of carbonyl (C=O) groups excluding carboxylic acids is 1. The highest BCUT2D eigenvalue weighted by Crippen LogP contribution is 2.24. The molecule has 0 N–H and O–H groups in total. The molecule has 0 spiro atoms. The van der Waals surface area contributed by atoms with Gasteiger partial charge >= 0.3 is 0 Å². The summed E-state index contributed by atoms with van der Waals surface area (Å²) in [6.07, 6.45) is 6.61. The lowest BCUT2D eigenvalue weighted by molar-refractivity contribution is 0.0775. The Morgan fingerprint density at radius 2 is 2.17 bits per heavy atom. The van der Waals surface area contributed by atoms with Gasteiger partial charge in [-0.25, -0.2) is 0 Å². The number of nitrogens with zero attached hydrogens (tertiary/aromatic N) is 1. The molecule has 2 nitrogen and oxygen atoms in total. The number of unbranched alkanes of at least 4 members (excludes halogenated alkanes) is 3. The molecular formula is C16H21NO. The van der Waals surface area contributed by atoms with E-state index >= 15 is 0 Å². The molecule has 0 aliphatic carbocycles. The van der Waals surface area contributed by atoms with Crippen molar-refractivity contribution >= 4 is 12.0 Å².